The summed E-state index contributed by atoms with van der Waals surface area (Å²) in [7, 11) is 0. The van der Waals surface area contributed by atoms with Crippen molar-refractivity contribution in [3.8, 4) is 0 Å². The highest BCUT2D eigenvalue weighted by Gasteiger charge is 2.41. The molecule has 2 aliphatic rings. The minimum Gasteiger partial charge on any atom is -0.481 e. The minimum absolute atomic E-state index is 0.0403. The fourth-order valence-electron chi connectivity index (χ4n) is 3.14. The largest absolute Gasteiger partial charge is 0.481 e. The Hall–Kier alpha value is -1.30. The van der Waals surface area contributed by atoms with Crippen molar-refractivity contribution < 1.29 is 19.4 Å². The number of ether oxygens (including phenoxy) is 1. The lowest BCUT2D eigenvalue weighted by molar-refractivity contribution is -0.142. The Morgan fingerprint density at radius 3 is 2.70 bits per heavy atom. The number of piperidine rings is 1. The summed E-state index contributed by atoms with van der Waals surface area (Å²) in [6.45, 7) is 5.74. The SMILES string of the molecule is CCN(C(=O)N1CCCCC1C)C1COCC1C(=O)O. The van der Waals surface area contributed by atoms with E-state index in [1.165, 1.54) is 0 Å². The van der Waals surface area contributed by atoms with Gasteiger partial charge in [-0.2, -0.15) is 0 Å². The number of carbonyl (C=O) groups is 2. The van der Waals surface area contributed by atoms with Crippen molar-refractivity contribution in [2.45, 2.75) is 45.2 Å². The lowest BCUT2D eigenvalue weighted by atomic mass is 10.0. The molecule has 2 rings (SSSR count). The number of likely N-dealkylation sites (tertiary alicyclic amines) is 1. The number of rotatable bonds is 3. The second-order valence-electron chi connectivity index (χ2n) is 5.66. The van der Waals surface area contributed by atoms with Crippen LogP contribution >= 0.6 is 0 Å². The van der Waals surface area contributed by atoms with Gasteiger partial charge in [0.05, 0.1) is 19.3 Å². The Morgan fingerprint density at radius 2 is 2.10 bits per heavy atom. The predicted octanol–water partition coefficient (Wildman–Crippen LogP) is 1.40. The van der Waals surface area contributed by atoms with E-state index in [2.05, 4.69) is 6.92 Å². The van der Waals surface area contributed by atoms with Gasteiger partial charge in [-0.15, -0.1) is 0 Å². The summed E-state index contributed by atoms with van der Waals surface area (Å²) in [6.07, 6.45) is 3.20. The summed E-state index contributed by atoms with van der Waals surface area (Å²) in [4.78, 5) is 27.5. The molecule has 2 saturated heterocycles. The third-order valence-corrected chi connectivity index (χ3v) is 4.40. The van der Waals surface area contributed by atoms with E-state index in [-0.39, 0.29) is 24.7 Å². The van der Waals surface area contributed by atoms with Crippen molar-refractivity contribution >= 4 is 12.0 Å². The van der Waals surface area contributed by atoms with Gasteiger partial charge in [0.1, 0.15) is 5.92 Å². The zero-order valence-electron chi connectivity index (χ0n) is 12.2. The highest BCUT2D eigenvalue weighted by Crippen LogP contribution is 2.24. The number of aliphatic carboxylic acids is 1. The van der Waals surface area contributed by atoms with E-state index < -0.39 is 11.9 Å². The number of amides is 2. The van der Waals surface area contributed by atoms with Gasteiger partial charge >= 0.3 is 12.0 Å². The Balaban J connectivity index is 2.10. The third-order valence-electron chi connectivity index (χ3n) is 4.40. The van der Waals surface area contributed by atoms with Crippen LogP contribution in [-0.4, -0.2) is 65.3 Å². The maximum atomic E-state index is 12.7. The lowest BCUT2D eigenvalue weighted by Crippen LogP contribution is -2.55. The van der Waals surface area contributed by atoms with E-state index in [1.54, 1.807) is 4.90 Å². The molecule has 114 valence electrons. The van der Waals surface area contributed by atoms with Crippen LogP contribution in [0.3, 0.4) is 0 Å². The van der Waals surface area contributed by atoms with E-state index in [0.717, 1.165) is 25.8 Å². The van der Waals surface area contributed by atoms with Crippen molar-refractivity contribution in [1.29, 1.82) is 0 Å². The topological polar surface area (TPSA) is 70.1 Å². The molecular formula is C14H24N2O4. The Labute approximate surface area is 119 Å². The zero-order chi connectivity index (χ0) is 14.7. The fourth-order valence-corrected chi connectivity index (χ4v) is 3.14. The average molecular weight is 284 g/mol. The molecule has 6 heteroatoms. The van der Waals surface area contributed by atoms with Gasteiger partial charge in [0.15, 0.2) is 0 Å². The first kappa shape index (κ1) is 15.1. The van der Waals surface area contributed by atoms with Crippen LogP contribution in [0.5, 0.6) is 0 Å². The van der Waals surface area contributed by atoms with Gasteiger partial charge in [-0.1, -0.05) is 0 Å². The Morgan fingerprint density at radius 1 is 1.35 bits per heavy atom. The molecule has 2 amide bonds. The number of carbonyl (C=O) groups excluding carboxylic acids is 1. The first-order valence-electron chi connectivity index (χ1n) is 7.44. The minimum atomic E-state index is -0.884. The predicted molar refractivity (Wildman–Crippen MR) is 73.5 cm³/mol. The molecule has 0 spiro atoms. The molecule has 20 heavy (non-hydrogen) atoms. The van der Waals surface area contributed by atoms with Crippen LogP contribution < -0.4 is 0 Å². The number of nitrogens with zero attached hydrogens (tertiary/aromatic N) is 2. The molecule has 0 bridgehead atoms. The van der Waals surface area contributed by atoms with E-state index in [9.17, 15) is 14.7 Å². The fraction of sp³-hybridized carbons (Fsp3) is 0.857. The highest BCUT2D eigenvalue weighted by molar-refractivity contribution is 5.77. The van der Waals surface area contributed by atoms with Gasteiger partial charge in [-0.05, 0) is 33.1 Å². The van der Waals surface area contributed by atoms with E-state index >= 15 is 0 Å². The standard InChI is InChI=1S/C14H24N2O4/c1-3-15(12-9-20-8-11(12)13(17)18)14(19)16-7-5-4-6-10(16)2/h10-12H,3-9H2,1-2H3,(H,17,18). The second-order valence-corrected chi connectivity index (χ2v) is 5.66. The molecule has 0 aromatic heterocycles. The van der Waals surface area contributed by atoms with Crippen molar-refractivity contribution in [3.05, 3.63) is 0 Å². The number of hydrogen-bond acceptors (Lipinski definition) is 3. The molecule has 0 radical (unpaired) electrons. The zero-order valence-corrected chi connectivity index (χ0v) is 12.2. The summed E-state index contributed by atoms with van der Waals surface area (Å²) >= 11 is 0. The van der Waals surface area contributed by atoms with Crippen molar-refractivity contribution in [1.82, 2.24) is 9.80 Å². The summed E-state index contributed by atoms with van der Waals surface area (Å²) in [6, 6.07) is -0.156. The van der Waals surface area contributed by atoms with Gasteiger partial charge < -0.3 is 19.6 Å². The molecule has 2 fully saturated rings. The number of urea groups is 1. The van der Waals surface area contributed by atoms with Crippen LogP contribution in [0.1, 0.15) is 33.1 Å². The van der Waals surface area contributed by atoms with Crippen LogP contribution in [0, 0.1) is 5.92 Å². The van der Waals surface area contributed by atoms with Crippen molar-refractivity contribution in [3.63, 3.8) is 0 Å². The van der Waals surface area contributed by atoms with Gasteiger partial charge in [-0.3, -0.25) is 4.79 Å². The smallest absolute Gasteiger partial charge is 0.320 e. The quantitative estimate of drug-likeness (QED) is 0.850. The number of carboxylic acid groups (broad SMARTS) is 1. The molecule has 0 aromatic rings. The summed E-state index contributed by atoms with van der Waals surface area (Å²) in [5.41, 5.74) is 0. The van der Waals surface area contributed by atoms with Gasteiger partial charge in [-0.25, -0.2) is 4.79 Å². The molecule has 6 nitrogen and oxygen atoms in total. The third kappa shape index (κ3) is 2.90. The van der Waals surface area contributed by atoms with Gasteiger partial charge in [0, 0.05) is 19.1 Å². The maximum absolute atomic E-state index is 12.7. The highest BCUT2D eigenvalue weighted by atomic mass is 16.5. The second kappa shape index (κ2) is 6.43. The molecule has 1 N–H and O–H groups in total. The molecule has 3 unspecified atom stereocenters. The molecule has 2 heterocycles. The van der Waals surface area contributed by atoms with E-state index in [4.69, 9.17) is 4.74 Å². The number of likely N-dealkylation sites (N-methyl/N-ethyl adjacent to an activating group) is 1. The van der Waals surface area contributed by atoms with Crippen LogP contribution in [-0.2, 0) is 9.53 Å². The average Bonchev–Trinajstić information content (AvgIpc) is 2.89. The molecule has 2 aliphatic heterocycles. The molecule has 0 aliphatic carbocycles. The molecule has 0 saturated carbocycles. The number of hydrogen-bond donors (Lipinski definition) is 1. The molecular weight excluding hydrogens is 260 g/mol. The van der Waals surface area contributed by atoms with E-state index in [1.807, 2.05) is 11.8 Å². The van der Waals surface area contributed by atoms with Crippen LogP contribution in [0.4, 0.5) is 4.79 Å². The lowest BCUT2D eigenvalue weighted by Gasteiger charge is -2.39. The maximum Gasteiger partial charge on any atom is 0.320 e. The van der Waals surface area contributed by atoms with Crippen LogP contribution in [0.25, 0.3) is 0 Å². The number of carboxylic acids is 1. The summed E-state index contributed by atoms with van der Waals surface area (Å²) in [5.74, 6) is -1.50. The monoisotopic (exact) mass is 284 g/mol. The van der Waals surface area contributed by atoms with Gasteiger partial charge in [0.25, 0.3) is 0 Å². The van der Waals surface area contributed by atoms with E-state index in [0.29, 0.717) is 13.2 Å². The first-order valence-corrected chi connectivity index (χ1v) is 7.44. The van der Waals surface area contributed by atoms with Crippen molar-refractivity contribution in [2.24, 2.45) is 5.92 Å². The molecule has 0 aromatic carbocycles. The van der Waals surface area contributed by atoms with Gasteiger partial charge in [0.2, 0.25) is 0 Å². The Kier molecular flexibility index (Phi) is 4.86. The summed E-state index contributed by atoms with van der Waals surface area (Å²) < 4.78 is 5.28. The normalized spacial score (nSPS) is 30.3. The molecule has 3 atom stereocenters. The summed E-state index contributed by atoms with van der Waals surface area (Å²) in [5, 5.41) is 9.24. The van der Waals surface area contributed by atoms with Crippen LogP contribution in [0.2, 0.25) is 0 Å². The first-order chi connectivity index (χ1) is 9.56. The Bertz CT molecular complexity index is 374. The van der Waals surface area contributed by atoms with Crippen LogP contribution in [0.15, 0.2) is 0 Å². The van der Waals surface area contributed by atoms with Crippen molar-refractivity contribution in [2.75, 3.05) is 26.3 Å².